The van der Waals surface area contributed by atoms with Gasteiger partial charge in [-0.05, 0) is 51.6 Å². The van der Waals surface area contributed by atoms with Crippen molar-refractivity contribution < 1.29 is 0 Å². The summed E-state index contributed by atoms with van der Waals surface area (Å²) in [6.07, 6.45) is 14.4. The molecule has 0 radical (unpaired) electrons. The van der Waals surface area contributed by atoms with Gasteiger partial charge in [-0.25, -0.2) is 0 Å². The van der Waals surface area contributed by atoms with E-state index in [1.54, 1.807) is 0 Å². The zero-order valence-electron chi connectivity index (χ0n) is 11.1. The lowest BCUT2D eigenvalue weighted by atomic mass is 9.67. The molecule has 0 aromatic heterocycles. The fraction of sp³-hybridized carbons (Fsp3) is 1.00. The molecule has 3 fully saturated rings. The fourth-order valence-corrected chi connectivity index (χ4v) is 4.66. The van der Waals surface area contributed by atoms with Crippen molar-refractivity contribution in [1.29, 1.82) is 0 Å². The molecule has 2 nitrogen and oxygen atoms in total. The molecular weight excluding hydrogens is 208 g/mol. The summed E-state index contributed by atoms with van der Waals surface area (Å²) in [6.45, 7) is 2.53. The minimum absolute atomic E-state index is 0.612. The second kappa shape index (κ2) is 5.27. The standard InChI is InChI=1S/C15H28N2/c1-5-11-16-13(7-1)15(9-3-4-10-15)14-8-2-6-12-17-14/h13-14,16-17H,1-12H2. The third kappa shape index (κ3) is 2.26. The highest BCUT2D eigenvalue weighted by molar-refractivity contribution is 5.03. The van der Waals surface area contributed by atoms with Crippen LogP contribution in [-0.2, 0) is 0 Å². The van der Waals surface area contributed by atoms with Gasteiger partial charge < -0.3 is 10.6 Å². The average molecular weight is 236 g/mol. The normalized spacial score (nSPS) is 38.1. The van der Waals surface area contributed by atoms with E-state index in [1.807, 2.05) is 0 Å². The molecule has 0 bridgehead atoms. The maximum atomic E-state index is 3.86. The third-order valence-corrected chi connectivity index (χ3v) is 5.54. The third-order valence-electron chi connectivity index (χ3n) is 5.54. The number of hydrogen-bond donors (Lipinski definition) is 2. The molecule has 0 aromatic carbocycles. The highest BCUT2D eigenvalue weighted by Gasteiger charge is 2.47. The van der Waals surface area contributed by atoms with E-state index in [1.165, 1.54) is 77.3 Å². The number of nitrogens with one attached hydrogen (secondary N) is 2. The van der Waals surface area contributed by atoms with Crippen molar-refractivity contribution in [3.05, 3.63) is 0 Å². The molecule has 2 heterocycles. The SMILES string of the molecule is C1CCC(C2(C3CCCCN3)CCCC2)NC1. The first-order chi connectivity index (χ1) is 8.42. The molecule has 98 valence electrons. The first-order valence-corrected chi connectivity index (χ1v) is 7.89. The highest BCUT2D eigenvalue weighted by atomic mass is 15.0. The number of piperidine rings is 2. The van der Waals surface area contributed by atoms with Gasteiger partial charge in [0.05, 0.1) is 0 Å². The number of rotatable bonds is 2. The van der Waals surface area contributed by atoms with Crippen LogP contribution in [0.2, 0.25) is 0 Å². The summed E-state index contributed by atoms with van der Waals surface area (Å²) in [5, 5.41) is 7.72. The highest BCUT2D eigenvalue weighted by Crippen LogP contribution is 2.47. The average Bonchev–Trinajstić information content (AvgIpc) is 2.91. The molecule has 2 saturated heterocycles. The maximum absolute atomic E-state index is 3.86. The van der Waals surface area contributed by atoms with Gasteiger partial charge in [-0.2, -0.15) is 0 Å². The molecule has 3 aliphatic rings. The molecule has 3 rings (SSSR count). The van der Waals surface area contributed by atoms with Crippen LogP contribution >= 0.6 is 0 Å². The topological polar surface area (TPSA) is 24.1 Å². The van der Waals surface area contributed by atoms with Crippen LogP contribution in [0.4, 0.5) is 0 Å². The molecule has 0 spiro atoms. The largest absolute Gasteiger partial charge is 0.313 e. The predicted molar refractivity (Wildman–Crippen MR) is 72.2 cm³/mol. The van der Waals surface area contributed by atoms with Crippen molar-refractivity contribution in [3.63, 3.8) is 0 Å². The smallest absolute Gasteiger partial charge is 0.0138 e. The summed E-state index contributed by atoms with van der Waals surface area (Å²) < 4.78 is 0. The monoisotopic (exact) mass is 236 g/mol. The van der Waals surface area contributed by atoms with Crippen molar-refractivity contribution in [1.82, 2.24) is 10.6 Å². The van der Waals surface area contributed by atoms with Gasteiger partial charge in [0, 0.05) is 17.5 Å². The fourth-order valence-electron chi connectivity index (χ4n) is 4.66. The Kier molecular flexibility index (Phi) is 3.72. The van der Waals surface area contributed by atoms with Gasteiger partial charge in [-0.15, -0.1) is 0 Å². The van der Waals surface area contributed by atoms with Gasteiger partial charge in [-0.1, -0.05) is 25.7 Å². The molecule has 2 heteroatoms. The Bertz CT molecular complexity index is 213. The van der Waals surface area contributed by atoms with E-state index in [2.05, 4.69) is 10.6 Å². The molecule has 1 saturated carbocycles. The van der Waals surface area contributed by atoms with E-state index >= 15 is 0 Å². The van der Waals surface area contributed by atoms with Gasteiger partial charge in [0.2, 0.25) is 0 Å². The first-order valence-electron chi connectivity index (χ1n) is 7.89. The van der Waals surface area contributed by atoms with Crippen LogP contribution in [0.25, 0.3) is 0 Å². The Morgan fingerprint density at radius 3 is 1.59 bits per heavy atom. The molecule has 2 unspecified atom stereocenters. The van der Waals surface area contributed by atoms with E-state index in [9.17, 15) is 0 Å². The summed E-state index contributed by atoms with van der Waals surface area (Å²) in [6, 6.07) is 1.63. The van der Waals surface area contributed by atoms with Crippen LogP contribution in [0.1, 0.15) is 64.2 Å². The quantitative estimate of drug-likeness (QED) is 0.770. The summed E-state index contributed by atoms with van der Waals surface area (Å²) in [5.41, 5.74) is 0.612. The van der Waals surface area contributed by atoms with Gasteiger partial charge >= 0.3 is 0 Å². The van der Waals surface area contributed by atoms with Crippen LogP contribution in [0.15, 0.2) is 0 Å². The molecule has 2 N–H and O–H groups in total. The second-order valence-electron chi connectivity index (χ2n) is 6.45. The van der Waals surface area contributed by atoms with E-state index in [4.69, 9.17) is 0 Å². The Morgan fingerprint density at radius 2 is 1.18 bits per heavy atom. The van der Waals surface area contributed by atoms with E-state index in [0.717, 1.165) is 12.1 Å². The van der Waals surface area contributed by atoms with Crippen LogP contribution < -0.4 is 10.6 Å². The van der Waals surface area contributed by atoms with Crippen molar-refractivity contribution in [2.75, 3.05) is 13.1 Å². The zero-order chi connectivity index (χ0) is 11.6. The lowest BCUT2D eigenvalue weighted by molar-refractivity contribution is 0.0916. The van der Waals surface area contributed by atoms with Crippen molar-refractivity contribution in [2.24, 2.45) is 5.41 Å². The first kappa shape index (κ1) is 12.0. The van der Waals surface area contributed by atoms with Crippen molar-refractivity contribution in [3.8, 4) is 0 Å². The Morgan fingerprint density at radius 1 is 0.647 bits per heavy atom. The van der Waals surface area contributed by atoms with E-state index < -0.39 is 0 Å². The van der Waals surface area contributed by atoms with Gasteiger partial charge in [0.15, 0.2) is 0 Å². The molecule has 0 aromatic rings. The summed E-state index contributed by atoms with van der Waals surface area (Å²) in [5.74, 6) is 0. The Hall–Kier alpha value is -0.0800. The minimum Gasteiger partial charge on any atom is -0.313 e. The lowest BCUT2D eigenvalue weighted by Gasteiger charge is -2.47. The van der Waals surface area contributed by atoms with E-state index in [-0.39, 0.29) is 0 Å². The summed E-state index contributed by atoms with van der Waals surface area (Å²) in [4.78, 5) is 0. The second-order valence-corrected chi connectivity index (χ2v) is 6.45. The molecule has 1 aliphatic carbocycles. The molecule has 2 atom stereocenters. The number of hydrogen-bond acceptors (Lipinski definition) is 2. The van der Waals surface area contributed by atoms with Crippen LogP contribution in [0.5, 0.6) is 0 Å². The van der Waals surface area contributed by atoms with Crippen LogP contribution in [0.3, 0.4) is 0 Å². The van der Waals surface area contributed by atoms with Gasteiger partial charge in [0.1, 0.15) is 0 Å². The molecule has 2 aliphatic heterocycles. The van der Waals surface area contributed by atoms with Crippen LogP contribution in [0, 0.1) is 5.41 Å². The summed E-state index contributed by atoms with van der Waals surface area (Å²) in [7, 11) is 0. The van der Waals surface area contributed by atoms with Crippen LogP contribution in [-0.4, -0.2) is 25.2 Å². The minimum atomic E-state index is 0.612. The Balaban J connectivity index is 1.75. The van der Waals surface area contributed by atoms with Crippen molar-refractivity contribution >= 4 is 0 Å². The van der Waals surface area contributed by atoms with Crippen molar-refractivity contribution in [2.45, 2.75) is 76.3 Å². The molecule has 17 heavy (non-hydrogen) atoms. The lowest BCUT2D eigenvalue weighted by Crippen LogP contribution is -2.57. The van der Waals surface area contributed by atoms with Gasteiger partial charge in [-0.3, -0.25) is 0 Å². The maximum Gasteiger partial charge on any atom is 0.0138 e. The molecule has 0 amide bonds. The zero-order valence-corrected chi connectivity index (χ0v) is 11.1. The molecular formula is C15H28N2. The predicted octanol–water partition coefficient (Wildman–Crippen LogP) is 2.83. The Labute approximate surface area is 106 Å². The van der Waals surface area contributed by atoms with E-state index in [0.29, 0.717) is 5.41 Å². The van der Waals surface area contributed by atoms with Gasteiger partial charge in [0.25, 0.3) is 0 Å². The summed E-state index contributed by atoms with van der Waals surface area (Å²) >= 11 is 0.